The molecule has 2 aliphatic rings. The van der Waals surface area contributed by atoms with Crippen molar-refractivity contribution in [3.63, 3.8) is 0 Å². The van der Waals surface area contributed by atoms with E-state index in [-0.39, 0.29) is 17.9 Å². The van der Waals surface area contributed by atoms with Gasteiger partial charge in [-0.2, -0.15) is 0 Å². The van der Waals surface area contributed by atoms with Crippen LogP contribution < -0.4 is 0 Å². The average Bonchev–Trinajstić information content (AvgIpc) is 3.11. The first-order valence-corrected chi connectivity index (χ1v) is 9.89. The van der Waals surface area contributed by atoms with Crippen LogP contribution >= 0.6 is 0 Å². The predicted octanol–water partition coefficient (Wildman–Crippen LogP) is 1.65. The Bertz CT molecular complexity index is 708. The molecular formula is C21H32N4O2. The molecule has 0 aliphatic carbocycles. The highest BCUT2D eigenvalue weighted by molar-refractivity contribution is 5.96. The Morgan fingerprint density at radius 3 is 2.19 bits per heavy atom. The number of likely N-dealkylation sites (N-methyl/N-ethyl adjacent to an activating group) is 1. The predicted molar refractivity (Wildman–Crippen MR) is 106 cm³/mol. The van der Waals surface area contributed by atoms with E-state index in [2.05, 4.69) is 24.8 Å². The van der Waals surface area contributed by atoms with Crippen LogP contribution in [0.15, 0.2) is 18.2 Å². The van der Waals surface area contributed by atoms with Gasteiger partial charge in [-0.15, -0.1) is 0 Å². The summed E-state index contributed by atoms with van der Waals surface area (Å²) in [5, 5.41) is 0. The summed E-state index contributed by atoms with van der Waals surface area (Å²) in [5.41, 5.74) is 3.27. The standard InChI is InChI=1S/C21H32N4O2/c1-15(2)25-13-17-7-6-8-18(19(17)14-25)21(27)24-11-9-23(10-12-24)20(26)16(3)22(4)5/h6-8,15-16H,9-14H2,1-5H3. The number of rotatable bonds is 4. The first kappa shape index (κ1) is 19.8. The molecule has 0 N–H and O–H groups in total. The maximum absolute atomic E-state index is 13.2. The van der Waals surface area contributed by atoms with E-state index in [1.54, 1.807) is 0 Å². The lowest BCUT2D eigenvalue weighted by Gasteiger charge is -2.37. The van der Waals surface area contributed by atoms with Crippen LogP contribution in [0.25, 0.3) is 0 Å². The van der Waals surface area contributed by atoms with E-state index in [1.165, 1.54) is 11.1 Å². The van der Waals surface area contributed by atoms with Gasteiger partial charge in [-0.3, -0.25) is 19.4 Å². The topological polar surface area (TPSA) is 47.1 Å². The Hall–Kier alpha value is -1.92. The maximum atomic E-state index is 13.2. The first-order chi connectivity index (χ1) is 12.8. The number of carbonyl (C=O) groups excluding carboxylic acids is 2. The smallest absolute Gasteiger partial charge is 0.254 e. The third kappa shape index (κ3) is 4.01. The zero-order valence-electron chi connectivity index (χ0n) is 17.2. The molecule has 2 heterocycles. The summed E-state index contributed by atoms with van der Waals surface area (Å²) in [5.74, 6) is 0.241. The van der Waals surface area contributed by atoms with Crippen molar-refractivity contribution in [1.82, 2.24) is 19.6 Å². The van der Waals surface area contributed by atoms with Crippen molar-refractivity contribution in [1.29, 1.82) is 0 Å². The van der Waals surface area contributed by atoms with E-state index < -0.39 is 0 Å². The van der Waals surface area contributed by atoms with E-state index in [0.29, 0.717) is 32.2 Å². The second-order valence-corrected chi connectivity index (χ2v) is 8.20. The largest absolute Gasteiger partial charge is 0.338 e. The zero-order chi connectivity index (χ0) is 19.7. The van der Waals surface area contributed by atoms with E-state index in [9.17, 15) is 9.59 Å². The summed E-state index contributed by atoms with van der Waals surface area (Å²) < 4.78 is 0. The molecule has 0 aromatic heterocycles. The third-order valence-corrected chi connectivity index (χ3v) is 5.98. The average molecular weight is 373 g/mol. The first-order valence-electron chi connectivity index (χ1n) is 9.89. The van der Waals surface area contributed by atoms with Crippen LogP contribution in [0.1, 0.15) is 42.3 Å². The van der Waals surface area contributed by atoms with Crippen LogP contribution in [0, 0.1) is 0 Å². The van der Waals surface area contributed by atoms with Gasteiger partial charge in [-0.05, 0) is 52.1 Å². The number of hydrogen-bond acceptors (Lipinski definition) is 4. The summed E-state index contributed by atoms with van der Waals surface area (Å²) in [6, 6.07) is 6.42. The molecule has 148 valence electrons. The number of fused-ring (bicyclic) bond motifs is 1. The van der Waals surface area contributed by atoms with Gasteiger partial charge in [-0.25, -0.2) is 0 Å². The Morgan fingerprint density at radius 1 is 0.963 bits per heavy atom. The van der Waals surface area contributed by atoms with Gasteiger partial charge in [-0.1, -0.05) is 12.1 Å². The third-order valence-electron chi connectivity index (χ3n) is 5.98. The van der Waals surface area contributed by atoms with Gasteiger partial charge in [0.05, 0.1) is 6.04 Å². The second-order valence-electron chi connectivity index (χ2n) is 8.20. The molecule has 1 atom stereocenters. The number of carbonyl (C=O) groups is 2. The van der Waals surface area contributed by atoms with Crippen LogP contribution in [-0.2, 0) is 17.9 Å². The normalized spacial score (nSPS) is 18.9. The number of hydrogen-bond donors (Lipinski definition) is 0. The van der Waals surface area contributed by atoms with Crippen LogP contribution in [0.4, 0.5) is 0 Å². The highest BCUT2D eigenvalue weighted by Crippen LogP contribution is 2.28. The van der Waals surface area contributed by atoms with Crippen molar-refractivity contribution in [2.75, 3.05) is 40.3 Å². The Kier molecular flexibility index (Phi) is 5.86. The van der Waals surface area contributed by atoms with Gasteiger partial charge in [0.25, 0.3) is 5.91 Å². The van der Waals surface area contributed by atoms with E-state index in [4.69, 9.17) is 0 Å². The molecule has 0 spiro atoms. The van der Waals surface area contributed by atoms with Crippen molar-refractivity contribution in [2.45, 2.75) is 45.9 Å². The molecule has 1 saturated heterocycles. The molecule has 3 rings (SSSR count). The molecule has 0 radical (unpaired) electrons. The van der Waals surface area contributed by atoms with Gasteiger partial charge in [0.15, 0.2) is 0 Å². The molecule has 1 aromatic rings. The SMILES string of the molecule is CC(C(=O)N1CCN(C(=O)c2cccc3c2CN(C(C)C)C3)CC1)N(C)C. The van der Waals surface area contributed by atoms with Gasteiger partial charge in [0, 0.05) is 50.9 Å². The van der Waals surface area contributed by atoms with Crippen LogP contribution in [0.5, 0.6) is 0 Å². The number of amides is 2. The zero-order valence-corrected chi connectivity index (χ0v) is 17.2. The van der Waals surface area contributed by atoms with Crippen molar-refractivity contribution < 1.29 is 9.59 Å². The molecule has 1 aromatic carbocycles. The molecule has 0 saturated carbocycles. The van der Waals surface area contributed by atoms with Gasteiger partial charge in [0.2, 0.25) is 5.91 Å². The molecule has 0 bridgehead atoms. The second kappa shape index (κ2) is 7.98. The summed E-state index contributed by atoms with van der Waals surface area (Å²) in [4.78, 5) is 33.8. The lowest BCUT2D eigenvalue weighted by atomic mass is 10.0. The highest BCUT2D eigenvalue weighted by atomic mass is 16.2. The maximum Gasteiger partial charge on any atom is 0.254 e. The number of piperazine rings is 1. The fourth-order valence-corrected chi connectivity index (χ4v) is 3.80. The van der Waals surface area contributed by atoms with Crippen LogP contribution in [-0.4, -0.2) is 83.8 Å². The minimum atomic E-state index is -0.133. The van der Waals surface area contributed by atoms with E-state index in [0.717, 1.165) is 18.7 Å². The summed E-state index contributed by atoms with van der Waals surface area (Å²) in [6.07, 6.45) is 0. The monoisotopic (exact) mass is 372 g/mol. The molecule has 27 heavy (non-hydrogen) atoms. The Balaban J connectivity index is 1.66. The van der Waals surface area contributed by atoms with Crippen molar-refractivity contribution in [2.24, 2.45) is 0 Å². The molecule has 1 fully saturated rings. The van der Waals surface area contributed by atoms with Crippen molar-refractivity contribution in [3.8, 4) is 0 Å². The minimum Gasteiger partial charge on any atom is -0.338 e. The van der Waals surface area contributed by atoms with Crippen LogP contribution in [0.3, 0.4) is 0 Å². The van der Waals surface area contributed by atoms with Crippen LogP contribution in [0.2, 0.25) is 0 Å². The van der Waals surface area contributed by atoms with Gasteiger partial charge in [0.1, 0.15) is 0 Å². The Morgan fingerprint density at radius 2 is 1.59 bits per heavy atom. The summed E-state index contributed by atoms with van der Waals surface area (Å²) >= 11 is 0. The molecule has 6 nitrogen and oxygen atoms in total. The lowest BCUT2D eigenvalue weighted by molar-refractivity contribution is -0.137. The fraction of sp³-hybridized carbons (Fsp3) is 0.619. The molecule has 6 heteroatoms. The Labute approximate surface area is 162 Å². The molecule has 2 aliphatic heterocycles. The number of nitrogens with zero attached hydrogens (tertiary/aromatic N) is 4. The van der Waals surface area contributed by atoms with Gasteiger partial charge < -0.3 is 9.80 Å². The fourth-order valence-electron chi connectivity index (χ4n) is 3.80. The van der Waals surface area contributed by atoms with Crippen molar-refractivity contribution >= 4 is 11.8 Å². The number of benzene rings is 1. The van der Waals surface area contributed by atoms with Gasteiger partial charge >= 0.3 is 0 Å². The molecular weight excluding hydrogens is 340 g/mol. The summed E-state index contributed by atoms with van der Waals surface area (Å²) in [7, 11) is 3.83. The highest BCUT2D eigenvalue weighted by Gasteiger charge is 2.31. The van der Waals surface area contributed by atoms with Crippen molar-refractivity contribution in [3.05, 3.63) is 34.9 Å². The quantitative estimate of drug-likeness (QED) is 0.806. The van der Waals surface area contributed by atoms with E-state index in [1.807, 2.05) is 47.9 Å². The lowest BCUT2D eigenvalue weighted by Crippen LogP contribution is -2.54. The molecule has 1 unspecified atom stereocenters. The minimum absolute atomic E-state index is 0.102. The molecule has 2 amide bonds. The van der Waals surface area contributed by atoms with E-state index >= 15 is 0 Å². The summed E-state index contributed by atoms with van der Waals surface area (Å²) in [6.45, 7) is 10.5.